The number of urea groups is 1. The van der Waals surface area contributed by atoms with Gasteiger partial charge in [-0.1, -0.05) is 31.5 Å². The molecule has 31 heavy (non-hydrogen) atoms. The summed E-state index contributed by atoms with van der Waals surface area (Å²) in [5.74, 6) is -0.359. The highest BCUT2D eigenvalue weighted by Gasteiger charge is 2.28. The quantitative estimate of drug-likeness (QED) is 0.679. The number of amides is 3. The van der Waals surface area contributed by atoms with Crippen LogP contribution in [0.4, 0.5) is 9.18 Å². The average molecular weight is 428 g/mol. The molecule has 2 aromatic rings. The van der Waals surface area contributed by atoms with E-state index in [0.29, 0.717) is 19.5 Å². The fraction of sp³-hybridized carbons (Fsp3) is 0.435. The number of rotatable bonds is 8. The summed E-state index contributed by atoms with van der Waals surface area (Å²) in [5, 5.41) is 5.55. The van der Waals surface area contributed by atoms with E-state index >= 15 is 0 Å². The Labute approximate surface area is 182 Å². The average Bonchev–Trinajstić information content (AvgIpc) is 2.79. The third-order valence-electron chi connectivity index (χ3n) is 5.36. The first-order chi connectivity index (χ1) is 15.0. The summed E-state index contributed by atoms with van der Waals surface area (Å²) < 4.78 is 13.0. The first kappa shape index (κ1) is 22.7. The number of piperazine rings is 1. The van der Waals surface area contributed by atoms with Gasteiger partial charge in [0.15, 0.2) is 0 Å². The van der Waals surface area contributed by atoms with Gasteiger partial charge in [0.25, 0.3) is 0 Å². The lowest BCUT2D eigenvalue weighted by molar-refractivity contribution is -0.135. The van der Waals surface area contributed by atoms with Crippen LogP contribution in [0, 0.1) is 5.82 Å². The third-order valence-corrected chi connectivity index (χ3v) is 5.36. The Morgan fingerprint density at radius 1 is 1.10 bits per heavy atom. The van der Waals surface area contributed by atoms with E-state index in [1.54, 1.807) is 18.3 Å². The zero-order chi connectivity index (χ0) is 22.1. The fourth-order valence-electron chi connectivity index (χ4n) is 3.64. The second-order valence-corrected chi connectivity index (χ2v) is 7.76. The Morgan fingerprint density at radius 3 is 2.48 bits per heavy atom. The SMILES string of the molecule is CCCC(NC(=O)NCc1ccc(F)cc1)C(=O)N1CCN(Cc2cccnc2)CC1. The summed E-state index contributed by atoms with van der Waals surface area (Å²) in [6.45, 7) is 5.93. The predicted molar refractivity (Wildman–Crippen MR) is 117 cm³/mol. The molecular formula is C23H30FN5O2. The lowest BCUT2D eigenvalue weighted by Gasteiger charge is -2.36. The van der Waals surface area contributed by atoms with E-state index in [-0.39, 0.29) is 18.3 Å². The largest absolute Gasteiger partial charge is 0.338 e. The molecule has 0 spiro atoms. The summed E-state index contributed by atoms with van der Waals surface area (Å²) in [4.78, 5) is 33.6. The molecule has 1 unspecified atom stereocenters. The number of halogens is 1. The number of benzene rings is 1. The number of hydrogen-bond acceptors (Lipinski definition) is 4. The van der Waals surface area contributed by atoms with E-state index in [9.17, 15) is 14.0 Å². The molecule has 1 aromatic heterocycles. The minimum atomic E-state index is -0.553. The smallest absolute Gasteiger partial charge is 0.315 e. The number of pyridine rings is 1. The molecule has 1 atom stereocenters. The Kier molecular flexibility index (Phi) is 8.35. The number of hydrogen-bond donors (Lipinski definition) is 2. The number of nitrogens with one attached hydrogen (secondary N) is 2. The van der Waals surface area contributed by atoms with Crippen molar-refractivity contribution in [1.82, 2.24) is 25.4 Å². The van der Waals surface area contributed by atoms with E-state index in [1.165, 1.54) is 12.1 Å². The Hall–Kier alpha value is -3.00. The number of nitrogens with zero attached hydrogens (tertiary/aromatic N) is 3. The van der Waals surface area contributed by atoms with Gasteiger partial charge < -0.3 is 15.5 Å². The molecule has 0 saturated carbocycles. The molecule has 1 aromatic carbocycles. The Balaban J connectivity index is 1.47. The van der Waals surface area contributed by atoms with Crippen LogP contribution in [0.25, 0.3) is 0 Å². The fourth-order valence-corrected chi connectivity index (χ4v) is 3.64. The maximum atomic E-state index is 13.0. The molecule has 3 amide bonds. The van der Waals surface area contributed by atoms with E-state index in [1.807, 2.05) is 24.1 Å². The molecule has 0 aliphatic carbocycles. The van der Waals surface area contributed by atoms with Crippen LogP contribution < -0.4 is 10.6 Å². The molecule has 1 fully saturated rings. The predicted octanol–water partition coefficient (Wildman–Crippen LogP) is 2.53. The third kappa shape index (κ3) is 7.03. The van der Waals surface area contributed by atoms with E-state index in [0.717, 1.165) is 37.2 Å². The maximum absolute atomic E-state index is 13.0. The van der Waals surface area contributed by atoms with Crippen LogP contribution in [-0.4, -0.2) is 58.9 Å². The lowest BCUT2D eigenvalue weighted by atomic mass is 10.1. The van der Waals surface area contributed by atoms with Gasteiger partial charge in [0, 0.05) is 51.7 Å². The standard InChI is InChI=1S/C23H30FN5O2/c1-2-4-21(27-23(31)26-16-18-6-8-20(24)9-7-18)22(30)29-13-11-28(12-14-29)17-19-5-3-10-25-15-19/h3,5-10,15,21H,2,4,11-14,16-17H2,1H3,(H2,26,27,31). The molecule has 166 valence electrons. The van der Waals surface area contributed by atoms with Crippen molar-refractivity contribution in [3.8, 4) is 0 Å². The van der Waals surface area contributed by atoms with Crippen molar-refractivity contribution >= 4 is 11.9 Å². The van der Waals surface area contributed by atoms with Crippen molar-refractivity contribution in [3.63, 3.8) is 0 Å². The van der Waals surface area contributed by atoms with Crippen molar-refractivity contribution in [2.45, 2.75) is 38.9 Å². The van der Waals surface area contributed by atoms with Crippen molar-refractivity contribution in [2.75, 3.05) is 26.2 Å². The van der Waals surface area contributed by atoms with Crippen LogP contribution in [-0.2, 0) is 17.9 Å². The van der Waals surface area contributed by atoms with Gasteiger partial charge in [-0.2, -0.15) is 0 Å². The summed E-state index contributed by atoms with van der Waals surface area (Å²) in [6.07, 6.45) is 4.99. The van der Waals surface area contributed by atoms with Crippen LogP contribution in [0.5, 0.6) is 0 Å². The summed E-state index contributed by atoms with van der Waals surface area (Å²) in [6, 6.07) is 8.98. The molecule has 1 aliphatic heterocycles. The monoisotopic (exact) mass is 427 g/mol. The van der Waals surface area contributed by atoms with Gasteiger partial charge >= 0.3 is 6.03 Å². The van der Waals surface area contributed by atoms with Crippen molar-refractivity contribution < 1.29 is 14.0 Å². The van der Waals surface area contributed by atoms with Gasteiger partial charge in [-0.05, 0) is 35.7 Å². The zero-order valence-corrected chi connectivity index (χ0v) is 17.9. The summed E-state index contributed by atoms with van der Waals surface area (Å²) in [7, 11) is 0. The van der Waals surface area contributed by atoms with Crippen molar-refractivity contribution in [1.29, 1.82) is 0 Å². The zero-order valence-electron chi connectivity index (χ0n) is 17.9. The van der Waals surface area contributed by atoms with Crippen LogP contribution in [0.2, 0.25) is 0 Å². The molecule has 8 heteroatoms. The molecule has 1 aliphatic rings. The van der Waals surface area contributed by atoms with Gasteiger partial charge in [-0.15, -0.1) is 0 Å². The van der Waals surface area contributed by atoms with Gasteiger partial charge in [0.1, 0.15) is 11.9 Å². The Morgan fingerprint density at radius 2 is 1.84 bits per heavy atom. The van der Waals surface area contributed by atoms with E-state index in [4.69, 9.17) is 0 Å². The lowest BCUT2D eigenvalue weighted by Crippen LogP contribution is -2.55. The molecule has 0 radical (unpaired) electrons. The van der Waals surface area contributed by atoms with Crippen LogP contribution in [0.15, 0.2) is 48.8 Å². The van der Waals surface area contributed by atoms with Crippen molar-refractivity contribution in [2.24, 2.45) is 0 Å². The highest BCUT2D eigenvalue weighted by molar-refractivity contribution is 5.87. The highest BCUT2D eigenvalue weighted by atomic mass is 19.1. The normalized spacial score (nSPS) is 15.4. The van der Waals surface area contributed by atoms with E-state index < -0.39 is 12.1 Å². The summed E-state index contributed by atoms with van der Waals surface area (Å²) in [5.41, 5.74) is 1.95. The van der Waals surface area contributed by atoms with Gasteiger partial charge in [-0.25, -0.2) is 9.18 Å². The molecule has 2 N–H and O–H groups in total. The first-order valence-electron chi connectivity index (χ1n) is 10.7. The van der Waals surface area contributed by atoms with Crippen LogP contribution >= 0.6 is 0 Å². The second-order valence-electron chi connectivity index (χ2n) is 7.76. The molecule has 3 rings (SSSR count). The highest BCUT2D eigenvalue weighted by Crippen LogP contribution is 2.11. The number of carbonyl (C=O) groups is 2. The van der Waals surface area contributed by atoms with Crippen LogP contribution in [0.1, 0.15) is 30.9 Å². The number of aromatic nitrogens is 1. The minimum Gasteiger partial charge on any atom is -0.338 e. The molecule has 2 heterocycles. The Bertz CT molecular complexity index is 839. The van der Waals surface area contributed by atoms with Gasteiger partial charge in [0.2, 0.25) is 5.91 Å². The van der Waals surface area contributed by atoms with Crippen LogP contribution in [0.3, 0.4) is 0 Å². The molecular weight excluding hydrogens is 397 g/mol. The maximum Gasteiger partial charge on any atom is 0.315 e. The van der Waals surface area contributed by atoms with Gasteiger partial charge in [-0.3, -0.25) is 14.7 Å². The van der Waals surface area contributed by atoms with Crippen molar-refractivity contribution in [3.05, 3.63) is 65.7 Å². The minimum absolute atomic E-state index is 0.0418. The molecule has 7 nitrogen and oxygen atoms in total. The van der Waals surface area contributed by atoms with E-state index in [2.05, 4.69) is 26.6 Å². The number of carbonyl (C=O) groups excluding carboxylic acids is 2. The summed E-state index contributed by atoms with van der Waals surface area (Å²) >= 11 is 0. The first-order valence-corrected chi connectivity index (χ1v) is 10.7. The van der Waals surface area contributed by atoms with Gasteiger partial charge in [0.05, 0.1) is 0 Å². The topological polar surface area (TPSA) is 77.6 Å². The molecule has 1 saturated heterocycles. The second kappa shape index (κ2) is 11.4. The molecule has 0 bridgehead atoms.